The van der Waals surface area contributed by atoms with Crippen molar-refractivity contribution >= 4 is 11.8 Å². The van der Waals surface area contributed by atoms with Crippen LogP contribution in [0.15, 0.2) is 65.7 Å². The number of aliphatic imine (C=N–C) groups is 1. The van der Waals surface area contributed by atoms with E-state index in [4.69, 9.17) is 4.74 Å². The molecule has 2 aromatic rings. The second-order valence-corrected chi connectivity index (χ2v) is 8.85. The Morgan fingerprint density at radius 2 is 1.67 bits per heavy atom. The number of carbonyl (C=O) groups excluding carboxylic acids is 1. The zero-order valence-electron chi connectivity index (χ0n) is 18.1. The van der Waals surface area contributed by atoms with E-state index in [-0.39, 0.29) is 12.0 Å². The molecule has 2 aliphatic heterocycles. The van der Waals surface area contributed by atoms with Gasteiger partial charge in [-0.05, 0) is 63.2 Å². The Kier molecular flexibility index (Phi) is 6.33. The van der Waals surface area contributed by atoms with Gasteiger partial charge in [0, 0.05) is 13.0 Å². The van der Waals surface area contributed by atoms with Gasteiger partial charge in [-0.1, -0.05) is 60.7 Å². The lowest BCUT2D eigenvalue weighted by Crippen LogP contribution is -2.49. The Morgan fingerprint density at radius 3 is 2.27 bits per heavy atom. The molecule has 1 amide bonds. The first kappa shape index (κ1) is 20.8. The summed E-state index contributed by atoms with van der Waals surface area (Å²) in [5, 5.41) is 0. The SMILES string of the molecule is CC(C)OC1=NC(=O)C(c2ccccc2)(C2CCN(Cc3ccccc3)CC2)CC1. The van der Waals surface area contributed by atoms with Crippen molar-refractivity contribution in [2.45, 2.75) is 57.6 Å². The average Bonchev–Trinajstić information content (AvgIpc) is 2.76. The Morgan fingerprint density at radius 1 is 1.03 bits per heavy atom. The molecule has 0 spiro atoms. The lowest BCUT2D eigenvalue weighted by Gasteiger charge is -2.44. The number of likely N-dealkylation sites (tertiary alicyclic amines) is 1. The zero-order valence-corrected chi connectivity index (χ0v) is 18.1. The molecule has 0 saturated carbocycles. The molecule has 4 rings (SSSR count). The van der Waals surface area contributed by atoms with Gasteiger partial charge in [0.1, 0.15) is 0 Å². The van der Waals surface area contributed by atoms with Crippen molar-refractivity contribution in [1.82, 2.24) is 4.90 Å². The van der Waals surface area contributed by atoms with E-state index in [1.54, 1.807) is 0 Å². The third kappa shape index (κ3) is 4.34. The van der Waals surface area contributed by atoms with Gasteiger partial charge in [0.25, 0.3) is 5.91 Å². The third-order valence-corrected chi connectivity index (χ3v) is 6.54. The summed E-state index contributed by atoms with van der Waals surface area (Å²) in [4.78, 5) is 20.5. The molecule has 4 nitrogen and oxygen atoms in total. The van der Waals surface area contributed by atoms with Crippen molar-refractivity contribution in [3.63, 3.8) is 0 Å². The van der Waals surface area contributed by atoms with Gasteiger partial charge in [0.2, 0.25) is 0 Å². The summed E-state index contributed by atoms with van der Waals surface area (Å²) in [6.45, 7) is 6.97. The number of carbonyl (C=O) groups is 1. The second-order valence-electron chi connectivity index (χ2n) is 8.85. The van der Waals surface area contributed by atoms with Crippen molar-refractivity contribution in [3.8, 4) is 0 Å². The highest BCUT2D eigenvalue weighted by Gasteiger charge is 2.49. The van der Waals surface area contributed by atoms with E-state index >= 15 is 0 Å². The maximum atomic E-state index is 13.5. The van der Waals surface area contributed by atoms with Crippen LogP contribution in [-0.2, 0) is 21.5 Å². The van der Waals surface area contributed by atoms with Gasteiger partial charge in [0.05, 0.1) is 11.5 Å². The molecule has 2 heterocycles. The van der Waals surface area contributed by atoms with Crippen LogP contribution in [0.25, 0.3) is 0 Å². The fourth-order valence-electron chi connectivity index (χ4n) is 5.08. The van der Waals surface area contributed by atoms with E-state index in [9.17, 15) is 4.79 Å². The molecule has 1 atom stereocenters. The Balaban J connectivity index is 1.54. The zero-order chi connectivity index (χ0) is 21.0. The first-order valence-corrected chi connectivity index (χ1v) is 11.2. The molecule has 0 aliphatic carbocycles. The highest BCUT2D eigenvalue weighted by atomic mass is 16.5. The van der Waals surface area contributed by atoms with Crippen LogP contribution in [0.4, 0.5) is 0 Å². The van der Waals surface area contributed by atoms with E-state index in [1.165, 1.54) is 5.56 Å². The minimum atomic E-state index is -0.524. The standard InChI is InChI=1S/C26H32N2O2/c1-20(2)30-24-13-16-26(25(29)27-24,22-11-7-4-8-12-22)23-14-17-28(18-15-23)19-21-9-5-3-6-10-21/h3-12,20,23H,13-19H2,1-2H3. The van der Waals surface area contributed by atoms with E-state index < -0.39 is 5.41 Å². The molecule has 0 aromatic heterocycles. The molecule has 0 bridgehead atoms. The monoisotopic (exact) mass is 404 g/mol. The quantitative estimate of drug-likeness (QED) is 0.706. The molecule has 4 heteroatoms. The minimum absolute atomic E-state index is 0.0166. The summed E-state index contributed by atoms with van der Waals surface area (Å²) in [5.74, 6) is 0.893. The molecular formula is C26H32N2O2. The van der Waals surface area contributed by atoms with Crippen molar-refractivity contribution in [3.05, 3.63) is 71.8 Å². The number of amides is 1. The van der Waals surface area contributed by atoms with Gasteiger partial charge >= 0.3 is 0 Å². The first-order chi connectivity index (χ1) is 14.6. The van der Waals surface area contributed by atoms with E-state index in [1.807, 2.05) is 32.0 Å². The summed E-state index contributed by atoms with van der Waals surface area (Å²) in [5.41, 5.74) is 1.94. The van der Waals surface area contributed by atoms with Gasteiger partial charge in [-0.2, -0.15) is 4.99 Å². The first-order valence-electron chi connectivity index (χ1n) is 11.2. The minimum Gasteiger partial charge on any atom is -0.478 e. The predicted molar refractivity (Wildman–Crippen MR) is 120 cm³/mol. The largest absolute Gasteiger partial charge is 0.478 e. The maximum absolute atomic E-state index is 13.5. The number of nitrogens with zero attached hydrogens (tertiary/aromatic N) is 2. The number of benzene rings is 2. The molecular weight excluding hydrogens is 372 g/mol. The number of piperidine rings is 1. The fraction of sp³-hybridized carbons (Fsp3) is 0.462. The number of rotatable bonds is 5. The Bertz CT molecular complexity index is 870. The maximum Gasteiger partial charge on any atom is 0.259 e. The fourth-order valence-corrected chi connectivity index (χ4v) is 5.08. The summed E-state index contributed by atoms with van der Waals surface area (Å²) in [6, 6.07) is 21.0. The van der Waals surface area contributed by atoms with Crippen molar-refractivity contribution in [1.29, 1.82) is 0 Å². The van der Waals surface area contributed by atoms with Gasteiger partial charge in [-0.3, -0.25) is 9.69 Å². The molecule has 0 N–H and O–H groups in total. The number of hydrogen-bond donors (Lipinski definition) is 0. The topological polar surface area (TPSA) is 41.9 Å². The highest BCUT2D eigenvalue weighted by Crippen LogP contribution is 2.45. The Labute approximate surface area is 180 Å². The van der Waals surface area contributed by atoms with Crippen LogP contribution in [0.3, 0.4) is 0 Å². The highest BCUT2D eigenvalue weighted by molar-refractivity contribution is 6.00. The summed E-state index contributed by atoms with van der Waals surface area (Å²) >= 11 is 0. The smallest absolute Gasteiger partial charge is 0.259 e. The normalized spacial score (nSPS) is 23.4. The van der Waals surface area contributed by atoms with Crippen LogP contribution >= 0.6 is 0 Å². The lowest BCUT2D eigenvalue weighted by atomic mass is 9.63. The molecule has 0 radical (unpaired) electrons. The summed E-state index contributed by atoms with van der Waals surface area (Å²) in [7, 11) is 0. The van der Waals surface area contributed by atoms with E-state index in [0.29, 0.717) is 11.8 Å². The van der Waals surface area contributed by atoms with Crippen LogP contribution in [0.2, 0.25) is 0 Å². The third-order valence-electron chi connectivity index (χ3n) is 6.54. The van der Waals surface area contributed by atoms with Crippen molar-refractivity contribution < 1.29 is 9.53 Å². The molecule has 1 fully saturated rings. The number of hydrogen-bond acceptors (Lipinski definition) is 3. The van der Waals surface area contributed by atoms with Gasteiger partial charge in [-0.25, -0.2) is 0 Å². The van der Waals surface area contributed by atoms with Crippen molar-refractivity contribution in [2.24, 2.45) is 10.9 Å². The predicted octanol–water partition coefficient (Wildman–Crippen LogP) is 4.98. The molecule has 2 aromatic carbocycles. The van der Waals surface area contributed by atoms with Gasteiger partial charge in [-0.15, -0.1) is 0 Å². The van der Waals surface area contributed by atoms with E-state index in [0.717, 1.165) is 50.9 Å². The molecule has 30 heavy (non-hydrogen) atoms. The molecule has 2 aliphatic rings. The Hall–Kier alpha value is -2.46. The van der Waals surface area contributed by atoms with E-state index in [2.05, 4.69) is 52.4 Å². The van der Waals surface area contributed by atoms with Crippen LogP contribution in [0, 0.1) is 5.92 Å². The van der Waals surface area contributed by atoms with Crippen LogP contribution < -0.4 is 0 Å². The van der Waals surface area contributed by atoms with Crippen LogP contribution in [-0.4, -0.2) is 35.9 Å². The summed E-state index contributed by atoms with van der Waals surface area (Å²) < 4.78 is 5.78. The molecule has 1 saturated heterocycles. The van der Waals surface area contributed by atoms with Crippen LogP contribution in [0.5, 0.6) is 0 Å². The lowest BCUT2D eigenvalue weighted by molar-refractivity contribution is -0.127. The van der Waals surface area contributed by atoms with Gasteiger partial charge < -0.3 is 4.74 Å². The van der Waals surface area contributed by atoms with Crippen molar-refractivity contribution in [2.75, 3.05) is 13.1 Å². The van der Waals surface area contributed by atoms with Gasteiger partial charge in [0.15, 0.2) is 5.90 Å². The number of ether oxygens (including phenoxy) is 1. The average molecular weight is 405 g/mol. The summed E-state index contributed by atoms with van der Waals surface area (Å²) in [6.07, 6.45) is 3.59. The van der Waals surface area contributed by atoms with Crippen LogP contribution in [0.1, 0.15) is 50.7 Å². The second kappa shape index (κ2) is 9.13. The molecule has 1 unspecified atom stereocenters. The molecule has 158 valence electrons.